The molecular weight excluding hydrogens is 178 g/mol. The quantitative estimate of drug-likeness (QED) is 0.682. The van der Waals surface area contributed by atoms with Gasteiger partial charge >= 0.3 is 0 Å². The molecule has 0 unspecified atom stereocenters. The summed E-state index contributed by atoms with van der Waals surface area (Å²) in [7, 11) is 1.55. The smallest absolute Gasteiger partial charge is 0.150 e. The minimum Gasteiger partial charge on any atom is -0.496 e. The summed E-state index contributed by atoms with van der Waals surface area (Å²) in [4.78, 5) is 10.7. The molecule has 0 aliphatic heterocycles. The van der Waals surface area contributed by atoms with E-state index < -0.39 is 0 Å². The van der Waals surface area contributed by atoms with Crippen LogP contribution in [0.15, 0.2) is 12.1 Å². The Bertz CT molecular complexity index is 391. The van der Waals surface area contributed by atoms with Crippen molar-refractivity contribution in [3.8, 4) is 11.8 Å². The molecule has 1 aromatic carbocycles. The van der Waals surface area contributed by atoms with E-state index in [0.29, 0.717) is 11.3 Å². The van der Waals surface area contributed by atoms with Gasteiger partial charge in [-0.1, -0.05) is 0 Å². The van der Waals surface area contributed by atoms with Crippen LogP contribution in [0.25, 0.3) is 0 Å². The predicted molar refractivity (Wildman–Crippen MR) is 52.4 cm³/mol. The number of hydrogen-bond acceptors (Lipinski definition) is 3. The second kappa shape index (κ2) is 4.43. The summed E-state index contributed by atoms with van der Waals surface area (Å²) in [5.74, 6) is 0.653. The van der Waals surface area contributed by atoms with Crippen LogP contribution in [0.2, 0.25) is 0 Å². The molecule has 3 nitrogen and oxygen atoms in total. The maximum atomic E-state index is 10.7. The summed E-state index contributed by atoms with van der Waals surface area (Å²) in [6.07, 6.45) is 1.07. The molecule has 1 rings (SSSR count). The van der Waals surface area contributed by atoms with Crippen molar-refractivity contribution >= 4 is 6.29 Å². The van der Waals surface area contributed by atoms with Crippen LogP contribution < -0.4 is 4.74 Å². The number of rotatable bonds is 3. The molecule has 0 aliphatic rings. The Labute approximate surface area is 82.9 Å². The molecule has 0 atom stereocenters. The van der Waals surface area contributed by atoms with Crippen LogP contribution in [0.4, 0.5) is 0 Å². The van der Waals surface area contributed by atoms with Crippen molar-refractivity contribution in [3.05, 3.63) is 28.8 Å². The lowest BCUT2D eigenvalue weighted by molar-refractivity contribution is 0.112. The second-order valence-corrected chi connectivity index (χ2v) is 2.97. The molecule has 0 N–H and O–H groups in total. The Balaban J connectivity index is 3.25. The lowest BCUT2D eigenvalue weighted by Crippen LogP contribution is -1.95. The van der Waals surface area contributed by atoms with Crippen LogP contribution in [0.3, 0.4) is 0 Å². The maximum Gasteiger partial charge on any atom is 0.150 e. The van der Waals surface area contributed by atoms with Crippen molar-refractivity contribution < 1.29 is 9.53 Å². The van der Waals surface area contributed by atoms with Gasteiger partial charge in [0, 0.05) is 11.1 Å². The van der Waals surface area contributed by atoms with Gasteiger partial charge in [0.1, 0.15) is 12.0 Å². The first-order chi connectivity index (χ1) is 6.72. The molecule has 0 radical (unpaired) electrons. The maximum absolute atomic E-state index is 10.7. The average molecular weight is 189 g/mol. The molecule has 0 amide bonds. The summed E-state index contributed by atoms with van der Waals surface area (Å²) < 4.78 is 5.11. The highest BCUT2D eigenvalue weighted by Crippen LogP contribution is 2.22. The molecule has 14 heavy (non-hydrogen) atoms. The number of ether oxygens (including phenoxy) is 1. The number of hydrogen-bond donors (Lipinski definition) is 0. The standard InChI is InChI=1S/C11H11NO2/c1-8-10(7-13)5-9(3-4-12)6-11(8)14-2/h5-7H,3H2,1-2H3. The van der Waals surface area contributed by atoms with Crippen molar-refractivity contribution in [2.45, 2.75) is 13.3 Å². The van der Waals surface area contributed by atoms with Crippen molar-refractivity contribution in [2.24, 2.45) is 0 Å². The Morgan fingerprint density at radius 2 is 2.29 bits per heavy atom. The van der Waals surface area contributed by atoms with Gasteiger partial charge in [0.25, 0.3) is 0 Å². The zero-order valence-electron chi connectivity index (χ0n) is 8.20. The molecule has 0 aromatic heterocycles. The first-order valence-corrected chi connectivity index (χ1v) is 4.22. The molecule has 0 saturated heterocycles. The van der Waals surface area contributed by atoms with Gasteiger partial charge in [-0.2, -0.15) is 5.26 Å². The molecule has 1 aromatic rings. The van der Waals surface area contributed by atoms with Crippen molar-refractivity contribution in [1.82, 2.24) is 0 Å². The van der Waals surface area contributed by atoms with Gasteiger partial charge in [0.15, 0.2) is 0 Å². The Kier molecular flexibility index (Phi) is 3.24. The number of carbonyl (C=O) groups excluding carboxylic acids is 1. The molecule has 0 saturated carbocycles. The monoisotopic (exact) mass is 189 g/mol. The first kappa shape index (κ1) is 10.3. The minimum absolute atomic E-state index is 0.289. The van der Waals surface area contributed by atoms with Crippen LogP contribution in [-0.2, 0) is 6.42 Å². The second-order valence-electron chi connectivity index (χ2n) is 2.97. The summed E-state index contributed by atoms with van der Waals surface area (Å²) in [6, 6.07) is 5.53. The van der Waals surface area contributed by atoms with Crippen LogP contribution in [0.5, 0.6) is 5.75 Å². The number of carbonyl (C=O) groups is 1. The number of nitriles is 1. The fourth-order valence-corrected chi connectivity index (χ4v) is 1.30. The predicted octanol–water partition coefficient (Wildman–Crippen LogP) is 1.88. The largest absolute Gasteiger partial charge is 0.496 e. The van der Waals surface area contributed by atoms with E-state index in [9.17, 15) is 4.79 Å². The highest BCUT2D eigenvalue weighted by Gasteiger charge is 2.06. The molecule has 0 aliphatic carbocycles. The van der Waals surface area contributed by atoms with Crippen LogP contribution in [-0.4, -0.2) is 13.4 Å². The number of aldehydes is 1. The lowest BCUT2D eigenvalue weighted by Gasteiger charge is -2.08. The van der Waals surface area contributed by atoms with Crippen molar-refractivity contribution in [2.75, 3.05) is 7.11 Å². The third-order valence-corrected chi connectivity index (χ3v) is 2.09. The van der Waals surface area contributed by atoms with Crippen LogP contribution in [0, 0.1) is 18.3 Å². The summed E-state index contributed by atoms with van der Waals surface area (Å²) in [6.45, 7) is 1.82. The zero-order valence-corrected chi connectivity index (χ0v) is 8.20. The number of nitrogens with zero attached hydrogens (tertiary/aromatic N) is 1. The van der Waals surface area contributed by atoms with Gasteiger partial charge in [-0.25, -0.2) is 0 Å². The van der Waals surface area contributed by atoms with E-state index in [1.807, 2.05) is 13.0 Å². The first-order valence-electron chi connectivity index (χ1n) is 4.22. The fraction of sp³-hybridized carbons (Fsp3) is 0.273. The average Bonchev–Trinajstić information content (AvgIpc) is 2.20. The Morgan fingerprint density at radius 1 is 1.57 bits per heavy atom. The SMILES string of the molecule is COc1cc(CC#N)cc(C=O)c1C. The highest BCUT2D eigenvalue weighted by molar-refractivity contribution is 5.79. The van der Waals surface area contributed by atoms with E-state index in [4.69, 9.17) is 10.00 Å². The van der Waals surface area contributed by atoms with E-state index in [1.165, 1.54) is 0 Å². The van der Waals surface area contributed by atoms with E-state index in [2.05, 4.69) is 0 Å². The normalized spacial score (nSPS) is 9.21. The zero-order chi connectivity index (χ0) is 10.6. The van der Waals surface area contributed by atoms with E-state index in [0.717, 1.165) is 17.4 Å². The Morgan fingerprint density at radius 3 is 2.79 bits per heavy atom. The van der Waals surface area contributed by atoms with E-state index in [-0.39, 0.29) is 6.42 Å². The third kappa shape index (κ3) is 1.91. The topological polar surface area (TPSA) is 50.1 Å². The van der Waals surface area contributed by atoms with Crippen molar-refractivity contribution in [1.29, 1.82) is 5.26 Å². The van der Waals surface area contributed by atoms with E-state index in [1.54, 1.807) is 19.2 Å². The number of methoxy groups -OCH3 is 1. The fourth-order valence-electron chi connectivity index (χ4n) is 1.30. The molecular formula is C11H11NO2. The lowest BCUT2D eigenvalue weighted by atomic mass is 10.0. The van der Waals surface area contributed by atoms with E-state index >= 15 is 0 Å². The van der Waals surface area contributed by atoms with Gasteiger partial charge in [0.05, 0.1) is 19.6 Å². The van der Waals surface area contributed by atoms with Gasteiger partial charge < -0.3 is 4.74 Å². The molecule has 0 fully saturated rings. The third-order valence-electron chi connectivity index (χ3n) is 2.09. The molecule has 0 heterocycles. The Hall–Kier alpha value is -1.82. The summed E-state index contributed by atoms with van der Waals surface area (Å²) >= 11 is 0. The van der Waals surface area contributed by atoms with Crippen LogP contribution in [0.1, 0.15) is 21.5 Å². The minimum atomic E-state index is 0.289. The summed E-state index contributed by atoms with van der Waals surface area (Å²) in [5.41, 5.74) is 2.19. The van der Waals surface area contributed by atoms with Gasteiger partial charge in [-0.05, 0) is 24.6 Å². The van der Waals surface area contributed by atoms with Crippen LogP contribution >= 0.6 is 0 Å². The molecule has 0 bridgehead atoms. The van der Waals surface area contributed by atoms with Gasteiger partial charge in [0.2, 0.25) is 0 Å². The summed E-state index contributed by atoms with van der Waals surface area (Å²) in [5, 5.41) is 8.54. The molecule has 72 valence electrons. The molecule has 3 heteroatoms. The van der Waals surface area contributed by atoms with Gasteiger partial charge in [-0.3, -0.25) is 4.79 Å². The highest BCUT2D eigenvalue weighted by atomic mass is 16.5. The van der Waals surface area contributed by atoms with Crippen molar-refractivity contribution in [3.63, 3.8) is 0 Å². The number of benzene rings is 1. The van der Waals surface area contributed by atoms with Gasteiger partial charge in [-0.15, -0.1) is 0 Å². The molecule has 0 spiro atoms.